The van der Waals surface area contributed by atoms with Gasteiger partial charge in [-0.05, 0) is 24.5 Å². The summed E-state index contributed by atoms with van der Waals surface area (Å²) in [4.78, 5) is 3.03. The maximum absolute atomic E-state index is 8.90. The highest BCUT2D eigenvalue weighted by Crippen LogP contribution is 2.24. The Hall–Kier alpha value is -1.27. The van der Waals surface area contributed by atoms with Crippen LogP contribution in [0.1, 0.15) is 24.8 Å². The Bertz CT molecular complexity index is 310. The van der Waals surface area contributed by atoms with Gasteiger partial charge in [-0.25, -0.2) is 0 Å². The van der Waals surface area contributed by atoms with Crippen molar-refractivity contribution in [3.8, 4) is 6.07 Å². The highest BCUT2D eigenvalue weighted by molar-refractivity contribution is 5.08. The zero-order valence-electron chi connectivity index (χ0n) is 8.16. The summed E-state index contributed by atoms with van der Waals surface area (Å²) < 4.78 is 0. The van der Waals surface area contributed by atoms with Crippen molar-refractivity contribution < 1.29 is 0 Å². The first kappa shape index (κ1) is 9.29. The second-order valence-electron chi connectivity index (χ2n) is 3.87. The fourth-order valence-corrected chi connectivity index (χ4v) is 2.08. The number of aromatic amines is 1. The molecule has 2 rings (SSSR count). The molecule has 1 heterocycles. The standard InChI is InChI=1S/C11H15N3/c12-6-10-2-1-3-11(10)14-8-9-4-5-13-7-9/h4-5,7,10-11,13-14H,1-3,8H2. The Morgan fingerprint density at radius 3 is 3.21 bits per heavy atom. The van der Waals surface area contributed by atoms with E-state index in [2.05, 4.69) is 22.4 Å². The van der Waals surface area contributed by atoms with Crippen molar-refractivity contribution in [3.63, 3.8) is 0 Å². The smallest absolute Gasteiger partial charge is 0.0672 e. The summed E-state index contributed by atoms with van der Waals surface area (Å²) in [5.74, 6) is 0.217. The van der Waals surface area contributed by atoms with Gasteiger partial charge in [-0.15, -0.1) is 0 Å². The Labute approximate surface area is 84.1 Å². The molecule has 0 radical (unpaired) electrons. The summed E-state index contributed by atoms with van der Waals surface area (Å²) in [6.07, 6.45) is 7.30. The number of nitriles is 1. The van der Waals surface area contributed by atoms with Gasteiger partial charge in [-0.2, -0.15) is 5.26 Å². The Balaban J connectivity index is 1.83. The van der Waals surface area contributed by atoms with Crippen molar-refractivity contribution in [2.45, 2.75) is 31.8 Å². The number of nitrogens with one attached hydrogen (secondary N) is 2. The number of rotatable bonds is 3. The molecule has 0 aromatic carbocycles. The molecule has 1 saturated carbocycles. The van der Waals surface area contributed by atoms with Crippen LogP contribution in [0.3, 0.4) is 0 Å². The summed E-state index contributed by atoms with van der Waals surface area (Å²) in [7, 11) is 0. The lowest BCUT2D eigenvalue weighted by Gasteiger charge is -2.14. The van der Waals surface area contributed by atoms with Gasteiger partial charge in [0.25, 0.3) is 0 Å². The van der Waals surface area contributed by atoms with Crippen molar-refractivity contribution in [1.29, 1.82) is 5.26 Å². The van der Waals surface area contributed by atoms with Crippen molar-refractivity contribution in [3.05, 3.63) is 24.0 Å². The normalized spacial score (nSPS) is 26.2. The van der Waals surface area contributed by atoms with Crippen LogP contribution in [0.25, 0.3) is 0 Å². The van der Waals surface area contributed by atoms with E-state index in [4.69, 9.17) is 5.26 Å². The molecular weight excluding hydrogens is 174 g/mol. The van der Waals surface area contributed by atoms with Crippen molar-refractivity contribution in [2.24, 2.45) is 5.92 Å². The molecule has 1 aliphatic carbocycles. The van der Waals surface area contributed by atoms with Crippen molar-refractivity contribution in [2.75, 3.05) is 0 Å². The summed E-state index contributed by atoms with van der Waals surface area (Å²) in [6.45, 7) is 0.867. The van der Waals surface area contributed by atoms with E-state index < -0.39 is 0 Å². The molecule has 0 aliphatic heterocycles. The lowest BCUT2D eigenvalue weighted by Crippen LogP contribution is -2.31. The summed E-state index contributed by atoms with van der Waals surface area (Å²) in [5.41, 5.74) is 1.26. The molecule has 2 atom stereocenters. The van der Waals surface area contributed by atoms with Gasteiger partial charge in [0.1, 0.15) is 0 Å². The minimum absolute atomic E-state index is 0.217. The molecule has 74 valence electrons. The summed E-state index contributed by atoms with van der Waals surface area (Å²) in [5, 5.41) is 12.3. The first-order chi connectivity index (χ1) is 6.90. The van der Waals surface area contributed by atoms with Crippen molar-refractivity contribution in [1.82, 2.24) is 10.3 Å². The molecule has 1 aromatic heterocycles. The minimum atomic E-state index is 0.217. The monoisotopic (exact) mass is 189 g/mol. The number of hydrogen-bond acceptors (Lipinski definition) is 2. The van der Waals surface area contributed by atoms with E-state index in [1.807, 2.05) is 12.4 Å². The molecule has 14 heavy (non-hydrogen) atoms. The van der Waals surface area contributed by atoms with Crippen LogP contribution < -0.4 is 5.32 Å². The van der Waals surface area contributed by atoms with E-state index >= 15 is 0 Å². The van der Waals surface area contributed by atoms with Gasteiger partial charge in [-0.3, -0.25) is 0 Å². The second kappa shape index (κ2) is 4.30. The van der Waals surface area contributed by atoms with E-state index in [9.17, 15) is 0 Å². The van der Waals surface area contributed by atoms with Gasteiger partial charge in [-0.1, -0.05) is 6.42 Å². The average molecular weight is 189 g/mol. The van der Waals surface area contributed by atoms with E-state index in [0.717, 1.165) is 19.4 Å². The summed E-state index contributed by atoms with van der Waals surface area (Å²) >= 11 is 0. The van der Waals surface area contributed by atoms with E-state index in [1.165, 1.54) is 12.0 Å². The lowest BCUT2D eigenvalue weighted by atomic mass is 10.1. The van der Waals surface area contributed by atoms with E-state index in [1.54, 1.807) is 0 Å². The van der Waals surface area contributed by atoms with Crippen LogP contribution in [0.15, 0.2) is 18.5 Å². The second-order valence-corrected chi connectivity index (χ2v) is 3.87. The third-order valence-electron chi connectivity index (χ3n) is 2.91. The highest BCUT2D eigenvalue weighted by atomic mass is 14.9. The van der Waals surface area contributed by atoms with Gasteiger partial charge in [0.15, 0.2) is 0 Å². The molecule has 2 unspecified atom stereocenters. The molecule has 3 nitrogen and oxygen atoms in total. The SMILES string of the molecule is N#CC1CCCC1NCc1cc[nH]c1. The number of aromatic nitrogens is 1. The molecule has 0 spiro atoms. The maximum Gasteiger partial charge on any atom is 0.0672 e. The first-order valence-electron chi connectivity index (χ1n) is 5.15. The van der Waals surface area contributed by atoms with Crippen LogP contribution in [0.5, 0.6) is 0 Å². The highest BCUT2D eigenvalue weighted by Gasteiger charge is 2.26. The fourth-order valence-electron chi connectivity index (χ4n) is 2.08. The van der Waals surface area contributed by atoms with Crippen LogP contribution >= 0.6 is 0 Å². The van der Waals surface area contributed by atoms with Gasteiger partial charge in [0.2, 0.25) is 0 Å². The lowest BCUT2D eigenvalue weighted by molar-refractivity contribution is 0.464. The number of hydrogen-bond donors (Lipinski definition) is 2. The zero-order valence-corrected chi connectivity index (χ0v) is 8.16. The maximum atomic E-state index is 8.90. The quantitative estimate of drug-likeness (QED) is 0.761. The predicted molar refractivity (Wildman–Crippen MR) is 54.4 cm³/mol. The fraction of sp³-hybridized carbons (Fsp3) is 0.545. The molecular formula is C11H15N3. The molecule has 3 heteroatoms. The average Bonchev–Trinajstić information content (AvgIpc) is 2.85. The molecule has 0 amide bonds. The molecule has 0 bridgehead atoms. The number of H-pyrrole nitrogens is 1. The third kappa shape index (κ3) is 1.97. The van der Waals surface area contributed by atoms with Crippen LogP contribution in [0.2, 0.25) is 0 Å². The molecule has 1 aliphatic rings. The van der Waals surface area contributed by atoms with Gasteiger partial charge in [0, 0.05) is 25.0 Å². The van der Waals surface area contributed by atoms with E-state index in [-0.39, 0.29) is 5.92 Å². The minimum Gasteiger partial charge on any atom is -0.367 e. The molecule has 2 N–H and O–H groups in total. The summed E-state index contributed by atoms with van der Waals surface area (Å²) in [6, 6.07) is 4.83. The zero-order chi connectivity index (χ0) is 9.80. The van der Waals surface area contributed by atoms with Crippen LogP contribution in [0, 0.1) is 17.2 Å². The Morgan fingerprint density at radius 1 is 1.57 bits per heavy atom. The van der Waals surface area contributed by atoms with Gasteiger partial charge in [0.05, 0.1) is 12.0 Å². The largest absolute Gasteiger partial charge is 0.367 e. The number of nitrogens with zero attached hydrogens (tertiary/aromatic N) is 1. The molecule has 1 fully saturated rings. The molecule has 1 aromatic rings. The first-order valence-corrected chi connectivity index (χ1v) is 5.15. The van der Waals surface area contributed by atoms with Crippen LogP contribution in [-0.2, 0) is 6.54 Å². The van der Waals surface area contributed by atoms with Gasteiger partial charge >= 0.3 is 0 Å². The Kier molecular flexibility index (Phi) is 2.85. The van der Waals surface area contributed by atoms with E-state index in [0.29, 0.717) is 6.04 Å². The molecule has 0 saturated heterocycles. The van der Waals surface area contributed by atoms with Crippen LogP contribution in [-0.4, -0.2) is 11.0 Å². The van der Waals surface area contributed by atoms with Crippen molar-refractivity contribution >= 4 is 0 Å². The topological polar surface area (TPSA) is 51.6 Å². The predicted octanol–water partition coefficient (Wildman–Crippen LogP) is 1.80. The van der Waals surface area contributed by atoms with Gasteiger partial charge < -0.3 is 10.3 Å². The van der Waals surface area contributed by atoms with Crippen LogP contribution in [0.4, 0.5) is 0 Å². The third-order valence-corrected chi connectivity index (χ3v) is 2.91. The Morgan fingerprint density at radius 2 is 2.50 bits per heavy atom.